The van der Waals surface area contributed by atoms with Gasteiger partial charge in [0, 0.05) is 0 Å². The van der Waals surface area contributed by atoms with Crippen molar-refractivity contribution >= 4 is 17.5 Å². The van der Waals surface area contributed by atoms with Gasteiger partial charge in [0.1, 0.15) is 29.2 Å². The van der Waals surface area contributed by atoms with Crippen molar-refractivity contribution in [1.29, 1.82) is 10.5 Å². The highest BCUT2D eigenvalue weighted by Gasteiger charge is 2.18. The number of aliphatic hydroxyl groups excluding tert-OH is 1. The van der Waals surface area contributed by atoms with Crippen LogP contribution in [0.5, 0.6) is 0 Å². The first-order chi connectivity index (χ1) is 10.2. The van der Waals surface area contributed by atoms with Gasteiger partial charge in [0.25, 0.3) is 0 Å². The van der Waals surface area contributed by atoms with E-state index in [-0.39, 0.29) is 35.8 Å². The summed E-state index contributed by atoms with van der Waals surface area (Å²) in [5.41, 5.74) is 7.27. The van der Waals surface area contributed by atoms with Crippen LogP contribution >= 0.6 is 0 Å². The third kappa shape index (κ3) is 2.92. The molecule has 1 heterocycles. The maximum Gasteiger partial charge on any atom is 0.140 e. The quantitative estimate of drug-likeness (QED) is 0.821. The Morgan fingerprint density at radius 1 is 1.33 bits per heavy atom. The summed E-state index contributed by atoms with van der Waals surface area (Å²) in [6, 6.07) is 13.3. The largest absolute Gasteiger partial charge is 0.394 e. The van der Waals surface area contributed by atoms with Gasteiger partial charge in [-0.15, -0.1) is 0 Å². The third-order valence-electron chi connectivity index (χ3n) is 2.90. The molecule has 0 unspecified atom stereocenters. The molecule has 1 aromatic heterocycles. The Morgan fingerprint density at radius 2 is 2.05 bits per heavy atom. The van der Waals surface area contributed by atoms with E-state index in [1.54, 1.807) is 6.08 Å². The number of anilines is 1. The van der Waals surface area contributed by atoms with Gasteiger partial charge in [-0.1, -0.05) is 30.3 Å². The Labute approximate surface area is 122 Å². The number of nitrogens with zero attached hydrogens (tertiary/aromatic N) is 4. The predicted octanol–water partition coefficient (Wildman–Crippen LogP) is 1.39. The lowest BCUT2D eigenvalue weighted by Gasteiger charge is -1.98. The van der Waals surface area contributed by atoms with Crippen molar-refractivity contribution in [2.75, 3.05) is 12.3 Å². The van der Waals surface area contributed by atoms with E-state index in [1.807, 2.05) is 42.5 Å². The molecule has 2 aromatic rings. The number of benzene rings is 1. The molecule has 1 aromatic carbocycles. The van der Waals surface area contributed by atoms with Crippen LogP contribution in [0.15, 0.2) is 30.3 Å². The van der Waals surface area contributed by atoms with Crippen LogP contribution in [-0.2, 0) is 6.54 Å². The minimum Gasteiger partial charge on any atom is -0.394 e. The summed E-state index contributed by atoms with van der Waals surface area (Å²) >= 11 is 0. The van der Waals surface area contributed by atoms with Gasteiger partial charge in [-0.25, -0.2) is 4.68 Å². The van der Waals surface area contributed by atoms with E-state index in [0.29, 0.717) is 0 Å². The average Bonchev–Trinajstić information content (AvgIpc) is 2.82. The lowest BCUT2D eigenvalue weighted by Crippen LogP contribution is -2.07. The van der Waals surface area contributed by atoms with Crippen molar-refractivity contribution in [2.24, 2.45) is 0 Å². The van der Waals surface area contributed by atoms with Crippen LogP contribution in [0.1, 0.15) is 16.8 Å². The van der Waals surface area contributed by atoms with Gasteiger partial charge in [0.2, 0.25) is 0 Å². The molecule has 0 radical (unpaired) electrons. The van der Waals surface area contributed by atoms with Gasteiger partial charge < -0.3 is 10.8 Å². The number of nitriles is 2. The highest BCUT2D eigenvalue weighted by atomic mass is 16.3. The fourth-order valence-electron chi connectivity index (χ4n) is 1.91. The van der Waals surface area contributed by atoms with Gasteiger partial charge in [-0.05, 0) is 11.6 Å². The lowest BCUT2D eigenvalue weighted by molar-refractivity contribution is 0.270. The zero-order chi connectivity index (χ0) is 15.2. The summed E-state index contributed by atoms with van der Waals surface area (Å²) in [4.78, 5) is 0. The average molecular weight is 279 g/mol. The molecule has 0 atom stereocenters. The van der Waals surface area contributed by atoms with Crippen molar-refractivity contribution in [2.45, 2.75) is 6.54 Å². The summed E-state index contributed by atoms with van der Waals surface area (Å²) in [7, 11) is 0. The molecule has 0 saturated heterocycles. The van der Waals surface area contributed by atoms with Gasteiger partial charge in [0.05, 0.1) is 18.7 Å². The Kier molecular flexibility index (Phi) is 4.35. The van der Waals surface area contributed by atoms with Crippen LogP contribution in [-0.4, -0.2) is 21.5 Å². The van der Waals surface area contributed by atoms with Crippen LogP contribution in [0.2, 0.25) is 0 Å². The van der Waals surface area contributed by atoms with E-state index in [2.05, 4.69) is 5.10 Å². The second-order valence-corrected chi connectivity index (χ2v) is 4.25. The lowest BCUT2D eigenvalue weighted by atomic mass is 10.1. The van der Waals surface area contributed by atoms with E-state index in [4.69, 9.17) is 10.8 Å². The Hall–Kier alpha value is -3.09. The SMILES string of the molecule is N#C/C(=C/c1ccccc1)c1nn(CCO)c(N)c1C#N. The Morgan fingerprint density at radius 3 is 2.62 bits per heavy atom. The maximum atomic E-state index is 9.32. The Balaban J connectivity index is 2.54. The van der Waals surface area contributed by atoms with E-state index >= 15 is 0 Å². The van der Waals surface area contributed by atoms with Crippen LogP contribution in [0.25, 0.3) is 11.6 Å². The zero-order valence-electron chi connectivity index (χ0n) is 11.2. The maximum absolute atomic E-state index is 9.32. The standard InChI is InChI=1S/C15H13N5O/c16-9-12(8-11-4-2-1-3-5-11)14-13(10-17)15(18)20(19-14)6-7-21/h1-5,8,21H,6-7,18H2/b12-8-. The fraction of sp³-hybridized carbons (Fsp3) is 0.133. The summed E-state index contributed by atoms with van der Waals surface area (Å²) in [5, 5.41) is 31.7. The van der Waals surface area contributed by atoms with Crippen molar-refractivity contribution in [3.05, 3.63) is 47.2 Å². The molecule has 0 aliphatic heterocycles. The van der Waals surface area contributed by atoms with Crippen molar-refractivity contribution in [3.8, 4) is 12.1 Å². The minimum absolute atomic E-state index is 0.146. The van der Waals surface area contributed by atoms with Crippen molar-refractivity contribution < 1.29 is 5.11 Å². The fourth-order valence-corrected chi connectivity index (χ4v) is 1.91. The van der Waals surface area contributed by atoms with Crippen molar-refractivity contribution in [3.63, 3.8) is 0 Å². The first-order valence-corrected chi connectivity index (χ1v) is 6.25. The number of allylic oxidation sites excluding steroid dienone is 1. The molecule has 0 spiro atoms. The normalized spacial score (nSPS) is 10.9. The molecule has 0 amide bonds. The molecule has 21 heavy (non-hydrogen) atoms. The van der Waals surface area contributed by atoms with Crippen molar-refractivity contribution in [1.82, 2.24) is 9.78 Å². The number of nitrogens with two attached hydrogens (primary N) is 1. The Bertz CT molecular complexity index is 747. The molecule has 6 nitrogen and oxygen atoms in total. The highest BCUT2D eigenvalue weighted by molar-refractivity contribution is 5.91. The summed E-state index contributed by atoms with van der Waals surface area (Å²) in [6.07, 6.45) is 1.64. The molecular formula is C15H13N5O. The highest BCUT2D eigenvalue weighted by Crippen LogP contribution is 2.24. The number of hydrogen-bond acceptors (Lipinski definition) is 5. The molecule has 0 fully saturated rings. The van der Waals surface area contributed by atoms with Crippen LogP contribution < -0.4 is 5.73 Å². The molecule has 0 aliphatic carbocycles. The molecule has 2 rings (SSSR count). The number of aliphatic hydroxyl groups is 1. The number of nitrogen functional groups attached to an aromatic ring is 1. The second kappa shape index (κ2) is 6.38. The molecule has 104 valence electrons. The van der Waals surface area contributed by atoms with E-state index in [0.717, 1.165) is 5.56 Å². The zero-order valence-corrected chi connectivity index (χ0v) is 11.2. The predicted molar refractivity (Wildman–Crippen MR) is 78.4 cm³/mol. The molecule has 6 heteroatoms. The first-order valence-electron chi connectivity index (χ1n) is 6.25. The van der Waals surface area contributed by atoms with E-state index in [1.165, 1.54) is 4.68 Å². The first kappa shape index (κ1) is 14.3. The van der Waals surface area contributed by atoms with Crippen LogP contribution in [0.4, 0.5) is 5.82 Å². The topological polar surface area (TPSA) is 112 Å². The molecular weight excluding hydrogens is 266 g/mol. The summed E-state index contributed by atoms with van der Waals surface area (Å²) < 4.78 is 1.32. The number of rotatable bonds is 4. The van der Waals surface area contributed by atoms with Gasteiger partial charge in [0.15, 0.2) is 0 Å². The number of aromatic nitrogens is 2. The molecule has 0 saturated carbocycles. The van der Waals surface area contributed by atoms with Gasteiger partial charge >= 0.3 is 0 Å². The minimum atomic E-state index is -0.152. The smallest absolute Gasteiger partial charge is 0.140 e. The van der Waals surface area contributed by atoms with E-state index in [9.17, 15) is 10.5 Å². The molecule has 0 bridgehead atoms. The third-order valence-corrected chi connectivity index (χ3v) is 2.90. The molecule has 3 N–H and O–H groups in total. The summed E-state index contributed by atoms with van der Waals surface area (Å²) in [5.74, 6) is 0.149. The van der Waals surface area contributed by atoms with Crippen LogP contribution in [0, 0.1) is 22.7 Å². The van der Waals surface area contributed by atoms with Gasteiger partial charge in [-0.2, -0.15) is 15.6 Å². The monoisotopic (exact) mass is 279 g/mol. The van der Waals surface area contributed by atoms with Gasteiger partial charge in [-0.3, -0.25) is 0 Å². The second-order valence-electron chi connectivity index (χ2n) is 4.25. The molecule has 0 aliphatic rings. The van der Waals surface area contributed by atoms with E-state index < -0.39 is 0 Å². The summed E-state index contributed by atoms with van der Waals surface area (Å²) in [6.45, 7) is 0.0189. The van der Waals surface area contributed by atoms with Crippen LogP contribution in [0.3, 0.4) is 0 Å². The number of hydrogen-bond donors (Lipinski definition) is 2.